The Balaban J connectivity index is 2.00. The van der Waals surface area contributed by atoms with Crippen molar-refractivity contribution in [2.75, 3.05) is 0 Å². The van der Waals surface area contributed by atoms with Gasteiger partial charge in [0.05, 0.1) is 5.69 Å². The maximum atomic E-state index is 5.57. The zero-order valence-electron chi connectivity index (χ0n) is 7.24. The molecule has 1 heterocycles. The fraction of sp³-hybridized carbons (Fsp3) is 0.667. The predicted octanol–water partition coefficient (Wildman–Crippen LogP) is 1.14. The smallest absolute Gasteiger partial charge is 0.0519 e. The molecule has 3 nitrogen and oxygen atoms in total. The summed E-state index contributed by atoms with van der Waals surface area (Å²) in [6.07, 6.45) is 5.96. The normalized spacial score (nSPS) is 17.8. The Bertz CT molecular complexity index is 250. The number of nitrogens with zero attached hydrogens (tertiary/aromatic N) is 2. The van der Waals surface area contributed by atoms with Gasteiger partial charge in [0, 0.05) is 19.3 Å². The van der Waals surface area contributed by atoms with Crippen molar-refractivity contribution >= 4 is 0 Å². The highest BCUT2D eigenvalue weighted by atomic mass is 15.3. The molecule has 3 heteroatoms. The lowest BCUT2D eigenvalue weighted by Crippen LogP contribution is -2.20. The predicted molar refractivity (Wildman–Crippen MR) is 47.5 cm³/mol. The molecule has 1 saturated carbocycles. The maximum Gasteiger partial charge on any atom is 0.0519 e. The summed E-state index contributed by atoms with van der Waals surface area (Å²) in [6, 6.07) is 2.00. The van der Waals surface area contributed by atoms with Gasteiger partial charge in [-0.25, -0.2) is 0 Å². The Morgan fingerprint density at radius 1 is 1.58 bits per heavy atom. The van der Waals surface area contributed by atoms with E-state index in [1.54, 1.807) is 0 Å². The van der Waals surface area contributed by atoms with E-state index in [-0.39, 0.29) is 0 Å². The van der Waals surface area contributed by atoms with Crippen LogP contribution < -0.4 is 5.73 Å². The zero-order chi connectivity index (χ0) is 8.39. The van der Waals surface area contributed by atoms with E-state index in [0.717, 1.165) is 18.2 Å². The van der Waals surface area contributed by atoms with E-state index < -0.39 is 0 Å². The van der Waals surface area contributed by atoms with Crippen LogP contribution in [0.1, 0.15) is 25.0 Å². The Labute approximate surface area is 72.6 Å². The first-order valence-corrected chi connectivity index (χ1v) is 4.61. The van der Waals surface area contributed by atoms with Gasteiger partial charge in [0.25, 0.3) is 0 Å². The molecule has 0 aliphatic heterocycles. The summed E-state index contributed by atoms with van der Waals surface area (Å²) in [5.74, 6) is 0.857. The second-order valence-corrected chi connectivity index (χ2v) is 3.51. The Morgan fingerprint density at radius 2 is 2.42 bits per heavy atom. The van der Waals surface area contributed by atoms with E-state index in [1.165, 1.54) is 19.3 Å². The molecule has 12 heavy (non-hydrogen) atoms. The topological polar surface area (TPSA) is 43.8 Å². The third-order valence-electron chi connectivity index (χ3n) is 2.67. The number of rotatable bonds is 3. The molecule has 2 N–H and O–H groups in total. The van der Waals surface area contributed by atoms with Gasteiger partial charge in [-0.3, -0.25) is 4.68 Å². The molecule has 0 aromatic carbocycles. The molecule has 0 radical (unpaired) electrons. The van der Waals surface area contributed by atoms with Crippen molar-refractivity contribution in [1.29, 1.82) is 0 Å². The summed E-state index contributed by atoms with van der Waals surface area (Å²) in [6.45, 7) is 1.67. The molecule has 66 valence electrons. The van der Waals surface area contributed by atoms with Crippen molar-refractivity contribution < 1.29 is 0 Å². The molecule has 1 aromatic heterocycles. The molecule has 0 amide bonds. The highest BCUT2D eigenvalue weighted by molar-refractivity contribution is 4.99. The molecule has 0 saturated heterocycles. The molecule has 0 spiro atoms. The summed E-state index contributed by atoms with van der Waals surface area (Å²) < 4.78 is 2.05. The van der Waals surface area contributed by atoms with Crippen LogP contribution in [0.3, 0.4) is 0 Å². The minimum atomic E-state index is 0.604. The van der Waals surface area contributed by atoms with E-state index in [4.69, 9.17) is 5.73 Å². The molecule has 1 aliphatic carbocycles. The lowest BCUT2D eigenvalue weighted by atomic mass is 9.85. The first kappa shape index (κ1) is 7.80. The van der Waals surface area contributed by atoms with Gasteiger partial charge in [-0.15, -0.1) is 0 Å². The van der Waals surface area contributed by atoms with Crippen molar-refractivity contribution in [3.05, 3.63) is 18.0 Å². The average molecular weight is 165 g/mol. The average Bonchev–Trinajstić information content (AvgIpc) is 2.43. The quantitative estimate of drug-likeness (QED) is 0.730. The third kappa shape index (κ3) is 1.37. The van der Waals surface area contributed by atoms with Crippen molar-refractivity contribution in [2.45, 2.75) is 32.4 Å². The van der Waals surface area contributed by atoms with Crippen molar-refractivity contribution in [3.8, 4) is 0 Å². The van der Waals surface area contributed by atoms with Gasteiger partial charge < -0.3 is 5.73 Å². The van der Waals surface area contributed by atoms with Crippen LogP contribution in [0, 0.1) is 5.92 Å². The molecule has 0 unspecified atom stereocenters. The lowest BCUT2D eigenvalue weighted by molar-refractivity contribution is 0.263. The van der Waals surface area contributed by atoms with Crippen LogP contribution in [0.2, 0.25) is 0 Å². The minimum Gasteiger partial charge on any atom is -0.325 e. The fourth-order valence-corrected chi connectivity index (χ4v) is 1.62. The number of hydrogen-bond donors (Lipinski definition) is 1. The van der Waals surface area contributed by atoms with E-state index in [1.807, 2.05) is 16.9 Å². The van der Waals surface area contributed by atoms with Crippen LogP contribution in [-0.2, 0) is 13.1 Å². The molecule has 0 bridgehead atoms. The standard InChI is InChI=1S/C9H15N3/c10-6-9-4-5-11-12(9)7-8-2-1-3-8/h4-5,8H,1-3,6-7,10H2. The van der Waals surface area contributed by atoms with Gasteiger partial charge in [0.2, 0.25) is 0 Å². The van der Waals surface area contributed by atoms with Crippen LogP contribution in [-0.4, -0.2) is 9.78 Å². The van der Waals surface area contributed by atoms with Gasteiger partial charge in [0.1, 0.15) is 0 Å². The number of nitrogens with two attached hydrogens (primary N) is 1. The summed E-state index contributed by atoms with van der Waals surface area (Å²) in [5, 5.41) is 4.25. The van der Waals surface area contributed by atoms with E-state index in [2.05, 4.69) is 5.10 Å². The molecular formula is C9H15N3. The SMILES string of the molecule is NCc1ccnn1CC1CCC1. The largest absolute Gasteiger partial charge is 0.325 e. The third-order valence-corrected chi connectivity index (χ3v) is 2.67. The summed E-state index contributed by atoms with van der Waals surface area (Å²) in [4.78, 5) is 0. The van der Waals surface area contributed by atoms with Crippen LogP contribution in [0.15, 0.2) is 12.3 Å². The first-order chi connectivity index (χ1) is 5.90. The highest BCUT2D eigenvalue weighted by Crippen LogP contribution is 2.27. The fourth-order valence-electron chi connectivity index (χ4n) is 1.62. The summed E-state index contributed by atoms with van der Waals surface area (Å²) in [5.41, 5.74) is 6.72. The highest BCUT2D eigenvalue weighted by Gasteiger charge is 2.18. The summed E-state index contributed by atoms with van der Waals surface area (Å²) >= 11 is 0. The van der Waals surface area contributed by atoms with E-state index in [0.29, 0.717) is 6.54 Å². The number of hydrogen-bond acceptors (Lipinski definition) is 2. The van der Waals surface area contributed by atoms with Crippen LogP contribution >= 0.6 is 0 Å². The van der Waals surface area contributed by atoms with E-state index in [9.17, 15) is 0 Å². The first-order valence-electron chi connectivity index (χ1n) is 4.61. The Morgan fingerprint density at radius 3 is 3.00 bits per heavy atom. The molecule has 1 fully saturated rings. The van der Waals surface area contributed by atoms with Gasteiger partial charge in [-0.05, 0) is 24.8 Å². The summed E-state index contributed by atoms with van der Waals surface area (Å²) in [7, 11) is 0. The van der Waals surface area contributed by atoms with Crippen molar-refractivity contribution in [1.82, 2.24) is 9.78 Å². The van der Waals surface area contributed by atoms with Gasteiger partial charge in [-0.2, -0.15) is 5.10 Å². The second-order valence-electron chi connectivity index (χ2n) is 3.51. The van der Waals surface area contributed by atoms with E-state index >= 15 is 0 Å². The second kappa shape index (κ2) is 3.27. The Hall–Kier alpha value is -0.830. The maximum absolute atomic E-state index is 5.57. The molecule has 1 aliphatic rings. The van der Waals surface area contributed by atoms with Crippen molar-refractivity contribution in [2.24, 2.45) is 11.7 Å². The van der Waals surface area contributed by atoms with Gasteiger partial charge >= 0.3 is 0 Å². The van der Waals surface area contributed by atoms with Crippen LogP contribution in [0.25, 0.3) is 0 Å². The monoisotopic (exact) mass is 165 g/mol. The van der Waals surface area contributed by atoms with Crippen LogP contribution in [0.4, 0.5) is 0 Å². The van der Waals surface area contributed by atoms with Gasteiger partial charge in [-0.1, -0.05) is 6.42 Å². The zero-order valence-corrected chi connectivity index (χ0v) is 7.24. The van der Waals surface area contributed by atoms with Crippen molar-refractivity contribution in [3.63, 3.8) is 0 Å². The minimum absolute atomic E-state index is 0.604. The Kier molecular flexibility index (Phi) is 2.13. The molecular weight excluding hydrogens is 150 g/mol. The van der Waals surface area contributed by atoms with Gasteiger partial charge in [0.15, 0.2) is 0 Å². The molecule has 2 rings (SSSR count). The number of aromatic nitrogens is 2. The molecule has 0 atom stereocenters. The molecule has 1 aromatic rings. The lowest BCUT2D eigenvalue weighted by Gasteiger charge is -2.25. The van der Waals surface area contributed by atoms with Crippen LogP contribution in [0.5, 0.6) is 0 Å².